The highest BCUT2D eigenvalue weighted by atomic mass is 14.9. The van der Waals surface area contributed by atoms with E-state index in [9.17, 15) is 0 Å². The molecule has 3 N–H and O–H groups in total. The molecule has 0 aromatic carbocycles. The first-order chi connectivity index (χ1) is 5.20. The second-order valence-corrected chi connectivity index (χ2v) is 2.48. The van der Waals surface area contributed by atoms with Crippen LogP contribution in [0.25, 0.3) is 0 Å². The second kappa shape index (κ2) is 2.67. The number of hydrogen-bond donors (Lipinski definition) is 2. The van der Waals surface area contributed by atoms with Crippen molar-refractivity contribution in [3.63, 3.8) is 0 Å². The Morgan fingerprint density at radius 2 is 2.27 bits per heavy atom. The maximum Gasteiger partial charge on any atom is 0.119 e. The molecule has 1 aromatic heterocycles. The average molecular weight is 149 g/mol. The Bertz CT molecular complexity index is 304. The van der Waals surface area contributed by atoms with Crippen LogP contribution in [-0.2, 0) is 6.42 Å². The van der Waals surface area contributed by atoms with Gasteiger partial charge in [-0.15, -0.1) is 0 Å². The number of nitriles is 1. The van der Waals surface area contributed by atoms with E-state index in [0.717, 1.165) is 17.7 Å². The molecule has 0 spiro atoms. The largest absolute Gasteiger partial charge is 0.384 e. The lowest BCUT2D eigenvalue weighted by molar-refractivity contribution is 1.05. The van der Waals surface area contributed by atoms with Crippen LogP contribution in [0.3, 0.4) is 0 Å². The highest BCUT2D eigenvalue weighted by molar-refractivity contribution is 5.56. The van der Waals surface area contributed by atoms with Crippen molar-refractivity contribution in [1.82, 2.24) is 4.98 Å². The maximum atomic E-state index is 8.66. The lowest BCUT2D eigenvalue weighted by Crippen LogP contribution is -1.87. The molecule has 58 valence electrons. The van der Waals surface area contributed by atoms with Gasteiger partial charge >= 0.3 is 0 Å². The number of nitrogen functional groups attached to an aromatic ring is 1. The summed E-state index contributed by atoms with van der Waals surface area (Å²) in [6.45, 7) is 3.93. The van der Waals surface area contributed by atoms with Gasteiger partial charge in [-0.2, -0.15) is 5.26 Å². The molecule has 0 radical (unpaired) electrons. The minimum Gasteiger partial charge on any atom is -0.384 e. The fourth-order valence-corrected chi connectivity index (χ4v) is 1.17. The highest BCUT2D eigenvalue weighted by Gasteiger charge is 2.08. The monoisotopic (exact) mass is 149 g/mol. The SMILES string of the molecule is CCc1[nH]c(N)c(C#N)c1C. The number of aromatic nitrogens is 1. The molecule has 0 saturated heterocycles. The summed E-state index contributed by atoms with van der Waals surface area (Å²) in [5.74, 6) is 0.488. The Hall–Kier alpha value is -1.43. The molecule has 0 aliphatic rings. The van der Waals surface area contributed by atoms with Crippen molar-refractivity contribution in [2.24, 2.45) is 0 Å². The van der Waals surface area contributed by atoms with Crippen molar-refractivity contribution in [1.29, 1.82) is 5.26 Å². The Kier molecular flexibility index (Phi) is 1.86. The van der Waals surface area contributed by atoms with Crippen molar-refractivity contribution in [2.45, 2.75) is 20.3 Å². The van der Waals surface area contributed by atoms with Crippen LogP contribution in [0.1, 0.15) is 23.7 Å². The molecule has 0 unspecified atom stereocenters. The first kappa shape index (κ1) is 7.67. The van der Waals surface area contributed by atoms with Gasteiger partial charge in [-0.3, -0.25) is 0 Å². The molecule has 0 amide bonds. The molecular formula is C8H11N3. The minimum absolute atomic E-state index is 0.488. The summed E-state index contributed by atoms with van der Waals surface area (Å²) >= 11 is 0. The summed E-state index contributed by atoms with van der Waals surface area (Å²) < 4.78 is 0. The van der Waals surface area contributed by atoms with Crippen molar-refractivity contribution in [3.8, 4) is 6.07 Å². The first-order valence-corrected chi connectivity index (χ1v) is 3.57. The molecule has 0 aliphatic heterocycles. The van der Waals surface area contributed by atoms with Gasteiger partial charge in [-0.05, 0) is 18.9 Å². The average Bonchev–Trinajstić information content (AvgIpc) is 2.26. The van der Waals surface area contributed by atoms with Crippen molar-refractivity contribution < 1.29 is 0 Å². The number of aromatic amines is 1. The van der Waals surface area contributed by atoms with Crippen LogP contribution in [0.4, 0.5) is 5.82 Å². The number of rotatable bonds is 1. The zero-order valence-corrected chi connectivity index (χ0v) is 6.73. The second-order valence-electron chi connectivity index (χ2n) is 2.48. The number of hydrogen-bond acceptors (Lipinski definition) is 2. The van der Waals surface area contributed by atoms with Gasteiger partial charge in [0.1, 0.15) is 11.9 Å². The van der Waals surface area contributed by atoms with Crippen LogP contribution >= 0.6 is 0 Å². The standard InChI is InChI=1S/C8H11N3/c1-3-7-5(2)6(4-9)8(10)11-7/h11H,3,10H2,1-2H3. The zero-order chi connectivity index (χ0) is 8.43. The molecule has 3 nitrogen and oxygen atoms in total. The zero-order valence-electron chi connectivity index (χ0n) is 6.73. The predicted octanol–water partition coefficient (Wildman–Crippen LogP) is 1.34. The number of anilines is 1. The van der Waals surface area contributed by atoms with Crippen LogP contribution in [-0.4, -0.2) is 4.98 Å². The fourth-order valence-electron chi connectivity index (χ4n) is 1.17. The minimum atomic E-state index is 0.488. The van der Waals surface area contributed by atoms with Gasteiger partial charge in [0.2, 0.25) is 0 Å². The quantitative estimate of drug-likeness (QED) is 0.632. The smallest absolute Gasteiger partial charge is 0.119 e. The molecule has 0 atom stereocenters. The summed E-state index contributed by atoms with van der Waals surface area (Å²) in [5, 5.41) is 8.66. The van der Waals surface area contributed by atoms with E-state index in [1.807, 2.05) is 13.8 Å². The number of nitrogens with two attached hydrogens (primary N) is 1. The molecule has 0 saturated carbocycles. The number of aryl methyl sites for hydroxylation is 1. The number of nitrogens with zero attached hydrogens (tertiary/aromatic N) is 1. The van der Waals surface area contributed by atoms with Crippen molar-refractivity contribution in [2.75, 3.05) is 5.73 Å². The third-order valence-corrected chi connectivity index (χ3v) is 1.85. The van der Waals surface area contributed by atoms with E-state index in [0.29, 0.717) is 11.4 Å². The summed E-state index contributed by atoms with van der Waals surface area (Å²) in [7, 11) is 0. The fraction of sp³-hybridized carbons (Fsp3) is 0.375. The highest BCUT2D eigenvalue weighted by Crippen LogP contribution is 2.18. The van der Waals surface area contributed by atoms with Gasteiger partial charge in [0.25, 0.3) is 0 Å². The van der Waals surface area contributed by atoms with E-state index in [-0.39, 0.29) is 0 Å². The lowest BCUT2D eigenvalue weighted by atomic mass is 10.1. The third-order valence-electron chi connectivity index (χ3n) is 1.85. The van der Waals surface area contributed by atoms with E-state index in [1.165, 1.54) is 0 Å². The first-order valence-electron chi connectivity index (χ1n) is 3.57. The molecule has 0 bridgehead atoms. The maximum absolute atomic E-state index is 8.66. The molecule has 0 aliphatic carbocycles. The van der Waals surface area contributed by atoms with Crippen molar-refractivity contribution in [3.05, 3.63) is 16.8 Å². The summed E-state index contributed by atoms with van der Waals surface area (Å²) in [4.78, 5) is 2.97. The molecule has 3 heteroatoms. The summed E-state index contributed by atoms with van der Waals surface area (Å²) in [6.07, 6.45) is 0.887. The Balaban J connectivity index is 3.28. The lowest BCUT2D eigenvalue weighted by Gasteiger charge is -1.90. The van der Waals surface area contributed by atoms with E-state index >= 15 is 0 Å². The molecule has 11 heavy (non-hydrogen) atoms. The number of nitrogens with one attached hydrogen (secondary N) is 1. The molecule has 1 heterocycles. The normalized spacial score (nSPS) is 9.55. The van der Waals surface area contributed by atoms with Crippen molar-refractivity contribution >= 4 is 5.82 Å². The van der Waals surface area contributed by atoms with Crippen LogP contribution in [0.2, 0.25) is 0 Å². The van der Waals surface area contributed by atoms with Crippen LogP contribution in [0.5, 0.6) is 0 Å². The Morgan fingerprint density at radius 1 is 1.64 bits per heavy atom. The topological polar surface area (TPSA) is 65.6 Å². The van der Waals surface area contributed by atoms with Gasteiger partial charge in [0.05, 0.1) is 5.56 Å². The predicted molar refractivity (Wildman–Crippen MR) is 44.0 cm³/mol. The van der Waals surface area contributed by atoms with Gasteiger partial charge < -0.3 is 10.7 Å². The van der Waals surface area contributed by atoms with E-state index in [2.05, 4.69) is 11.1 Å². The van der Waals surface area contributed by atoms with Gasteiger partial charge in [-0.25, -0.2) is 0 Å². The van der Waals surface area contributed by atoms with Gasteiger partial charge in [0.15, 0.2) is 0 Å². The summed E-state index contributed by atoms with van der Waals surface area (Å²) in [6, 6.07) is 2.06. The van der Waals surface area contributed by atoms with Gasteiger partial charge in [0, 0.05) is 5.69 Å². The Morgan fingerprint density at radius 3 is 2.55 bits per heavy atom. The van der Waals surface area contributed by atoms with E-state index < -0.39 is 0 Å². The molecular weight excluding hydrogens is 138 g/mol. The third kappa shape index (κ3) is 1.07. The van der Waals surface area contributed by atoms with Crippen LogP contribution in [0, 0.1) is 18.3 Å². The van der Waals surface area contributed by atoms with E-state index in [4.69, 9.17) is 11.0 Å². The van der Waals surface area contributed by atoms with Crippen LogP contribution < -0.4 is 5.73 Å². The molecule has 1 rings (SSSR count). The Labute approximate surface area is 65.8 Å². The molecule has 1 aromatic rings. The number of H-pyrrole nitrogens is 1. The molecule has 0 fully saturated rings. The van der Waals surface area contributed by atoms with Gasteiger partial charge in [-0.1, -0.05) is 6.92 Å². The van der Waals surface area contributed by atoms with Crippen LogP contribution in [0.15, 0.2) is 0 Å². The van der Waals surface area contributed by atoms with E-state index in [1.54, 1.807) is 0 Å². The summed E-state index contributed by atoms with van der Waals surface area (Å²) in [5.41, 5.74) is 8.17.